The molecule has 0 radical (unpaired) electrons. The number of carbonyl (C=O) groups excluding carboxylic acids is 1. The zero-order valence-electron chi connectivity index (χ0n) is 14.0. The number of fused-ring (bicyclic) bond motifs is 1. The van der Waals surface area contributed by atoms with E-state index in [1.165, 1.54) is 5.56 Å². The normalized spacial score (nSPS) is 17.1. The van der Waals surface area contributed by atoms with E-state index in [4.69, 9.17) is 0 Å². The van der Waals surface area contributed by atoms with Crippen molar-refractivity contribution in [2.24, 2.45) is 0 Å². The fourth-order valence-electron chi connectivity index (χ4n) is 3.48. The molecule has 6 heteroatoms. The van der Waals surface area contributed by atoms with Gasteiger partial charge in [-0.05, 0) is 30.5 Å². The second-order valence-electron chi connectivity index (χ2n) is 6.29. The largest absolute Gasteiger partial charge is 0.338 e. The topological polar surface area (TPSA) is 62.5 Å². The van der Waals surface area contributed by atoms with E-state index < -0.39 is 0 Å². The number of hydrogen-bond donors (Lipinski definition) is 1. The number of rotatable bonds is 4. The van der Waals surface area contributed by atoms with Gasteiger partial charge in [-0.3, -0.25) is 4.40 Å². The van der Waals surface area contributed by atoms with Crippen molar-refractivity contribution in [2.45, 2.75) is 25.3 Å². The summed E-state index contributed by atoms with van der Waals surface area (Å²) in [5.41, 5.74) is 2.03. The summed E-state index contributed by atoms with van der Waals surface area (Å²) >= 11 is 0. The van der Waals surface area contributed by atoms with Crippen LogP contribution in [-0.2, 0) is 6.42 Å². The quantitative estimate of drug-likeness (QED) is 0.797. The van der Waals surface area contributed by atoms with E-state index in [-0.39, 0.29) is 12.1 Å². The first-order valence-electron chi connectivity index (χ1n) is 8.71. The highest BCUT2D eigenvalue weighted by Crippen LogP contribution is 2.31. The summed E-state index contributed by atoms with van der Waals surface area (Å²) in [5.74, 6) is 0.858. The van der Waals surface area contributed by atoms with Gasteiger partial charge in [-0.25, -0.2) is 4.79 Å². The lowest BCUT2D eigenvalue weighted by atomic mass is 10.1. The van der Waals surface area contributed by atoms with Crippen molar-refractivity contribution in [1.82, 2.24) is 24.8 Å². The van der Waals surface area contributed by atoms with Crippen LogP contribution in [0.4, 0.5) is 4.79 Å². The smallest absolute Gasteiger partial charge is 0.317 e. The number of benzene rings is 1. The van der Waals surface area contributed by atoms with Gasteiger partial charge in [0.1, 0.15) is 5.82 Å². The average molecular weight is 335 g/mol. The van der Waals surface area contributed by atoms with E-state index in [1.807, 2.05) is 51.9 Å². The Bertz CT molecular complexity index is 860. The third-order valence-corrected chi connectivity index (χ3v) is 4.71. The van der Waals surface area contributed by atoms with Gasteiger partial charge >= 0.3 is 6.03 Å². The number of nitrogens with zero attached hydrogens (tertiary/aromatic N) is 4. The molecule has 0 saturated carbocycles. The van der Waals surface area contributed by atoms with Crippen molar-refractivity contribution in [3.63, 3.8) is 0 Å². The summed E-state index contributed by atoms with van der Waals surface area (Å²) in [6, 6.07) is 16.2. The lowest BCUT2D eigenvalue weighted by molar-refractivity contribution is 0.193. The number of hydrogen-bond acceptors (Lipinski definition) is 3. The molecular formula is C19H21N5O. The van der Waals surface area contributed by atoms with Crippen LogP contribution in [0.3, 0.4) is 0 Å². The summed E-state index contributed by atoms with van der Waals surface area (Å²) in [6.45, 7) is 1.35. The van der Waals surface area contributed by atoms with Gasteiger partial charge < -0.3 is 10.2 Å². The molecule has 4 rings (SSSR count). The van der Waals surface area contributed by atoms with Gasteiger partial charge in [0.25, 0.3) is 0 Å². The minimum absolute atomic E-state index is 0.000161. The first kappa shape index (κ1) is 15.6. The van der Waals surface area contributed by atoms with Gasteiger partial charge in [-0.2, -0.15) is 0 Å². The van der Waals surface area contributed by atoms with Crippen molar-refractivity contribution in [1.29, 1.82) is 0 Å². The fraction of sp³-hybridized carbons (Fsp3) is 0.316. The van der Waals surface area contributed by atoms with Gasteiger partial charge in [0.15, 0.2) is 5.65 Å². The highest BCUT2D eigenvalue weighted by atomic mass is 16.2. The molecule has 1 fully saturated rings. The summed E-state index contributed by atoms with van der Waals surface area (Å²) < 4.78 is 1.95. The monoisotopic (exact) mass is 335 g/mol. The fourth-order valence-corrected chi connectivity index (χ4v) is 3.48. The second kappa shape index (κ2) is 6.93. The molecule has 25 heavy (non-hydrogen) atoms. The Labute approximate surface area is 146 Å². The maximum Gasteiger partial charge on any atom is 0.317 e. The molecule has 0 bridgehead atoms. The number of carbonyl (C=O) groups is 1. The first-order valence-corrected chi connectivity index (χ1v) is 8.71. The molecule has 128 valence electrons. The minimum Gasteiger partial charge on any atom is -0.338 e. The van der Waals surface area contributed by atoms with Crippen LogP contribution >= 0.6 is 0 Å². The predicted molar refractivity (Wildman–Crippen MR) is 95.2 cm³/mol. The number of nitrogens with one attached hydrogen (secondary N) is 1. The van der Waals surface area contributed by atoms with Crippen molar-refractivity contribution in [2.75, 3.05) is 13.1 Å². The van der Waals surface area contributed by atoms with E-state index in [9.17, 15) is 4.79 Å². The maximum absolute atomic E-state index is 12.6. The molecule has 2 aromatic heterocycles. The Morgan fingerprint density at radius 3 is 2.84 bits per heavy atom. The van der Waals surface area contributed by atoms with Gasteiger partial charge in [-0.15, -0.1) is 10.2 Å². The number of likely N-dealkylation sites (tertiary alicyclic amines) is 1. The molecule has 1 aliphatic heterocycles. The molecule has 1 aliphatic rings. The lowest BCUT2D eigenvalue weighted by Crippen LogP contribution is -2.40. The van der Waals surface area contributed by atoms with E-state index in [2.05, 4.69) is 27.6 Å². The molecule has 3 heterocycles. The summed E-state index contributed by atoms with van der Waals surface area (Å²) in [4.78, 5) is 14.5. The van der Waals surface area contributed by atoms with Crippen LogP contribution in [0.15, 0.2) is 54.7 Å². The van der Waals surface area contributed by atoms with Crippen LogP contribution in [0.25, 0.3) is 5.65 Å². The molecule has 1 N–H and O–H groups in total. The predicted octanol–water partition coefficient (Wildman–Crippen LogP) is 2.82. The van der Waals surface area contributed by atoms with Gasteiger partial charge in [0.2, 0.25) is 0 Å². The van der Waals surface area contributed by atoms with Crippen molar-refractivity contribution in [3.05, 3.63) is 66.1 Å². The molecule has 0 spiro atoms. The summed E-state index contributed by atoms with van der Waals surface area (Å²) in [5, 5.41) is 11.4. The summed E-state index contributed by atoms with van der Waals surface area (Å²) in [6.07, 6.45) is 4.66. The maximum atomic E-state index is 12.6. The van der Waals surface area contributed by atoms with E-state index in [0.717, 1.165) is 30.9 Å². The molecule has 6 nitrogen and oxygen atoms in total. The highest BCUT2D eigenvalue weighted by Gasteiger charge is 2.29. The molecule has 1 aromatic carbocycles. The van der Waals surface area contributed by atoms with Crippen LogP contribution in [0.5, 0.6) is 0 Å². The Balaban J connectivity index is 1.37. The van der Waals surface area contributed by atoms with Crippen LogP contribution in [0.2, 0.25) is 0 Å². The Morgan fingerprint density at radius 2 is 1.96 bits per heavy atom. The van der Waals surface area contributed by atoms with E-state index >= 15 is 0 Å². The molecular weight excluding hydrogens is 314 g/mol. The van der Waals surface area contributed by atoms with Crippen molar-refractivity contribution in [3.8, 4) is 0 Å². The molecule has 0 unspecified atom stereocenters. The van der Waals surface area contributed by atoms with Gasteiger partial charge in [0.05, 0.1) is 6.04 Å². The first-order chi connectivity index (χ1) is 12.3. The van der Waals surface area contributed by atoms with Crippen molar-refractivity contribution >= 4 is 11.7 Å². The number of amides is 2. The SMILES string of the molecule is O=C(NCCc1nnc2ccccn12)N1CCC[C@H]1c1ccccc1. The third kappa shape index (κ3) is 3.20. The highest BCUT2D eigenvalue weighted by molar-refractivity contribution is 5.75. The van der Waals surface area contributed by atoms with E-state index in [1.54, 1.807) is 0 Å². The summed E-state index contributed by atoms with van der Waals surface area (Å²) in [7, 11) is 0. The lowest BCUT2D eigenvalue weighted by Gasteiger charge is -2.25. The Kier molecular flexibility index (Phi) is 4.33. The van der Waals surface area contributed by atoms with Gasteiger partial charge in [0, 0.05) is 25.7 Å². The number of urea groups is 1. The molecule has 0 aliphatic carbocycles. The van der Waals surface area contributed by atoms with Crippen LogP contribution in [0.1, 0.15) is 30.3 Å². The molecule has 2 amide bonds. The molecule has 1 saturated heterocycles. The second-order valence-corrected chi connectivity index (χ2v) is 6.29. The Hall–Kier alpha value is -2.89. The standard InChI is InChI=1S/C19H21N5O/c25-19(23-14-6-9-16(23)15-7-2-1-3-8-15)20-12-11-18-22-21-17-10-4-5-13-24(17)18/h1-5,7-8,10,13,16H,6,9,11-12,14H2,(H,20,25)/t16-/m0/s1. The average Bonchev–Trinajstić information content (AvgIpc) is 3.30. The Morgan fingerprint density at radius 1 is 1.12 bits per heavy atom. The molecule has 1 atom stereocenters. The zero-order chi connectivity index (χ0) is 17.1. The van der Waals surface area contributed by atoms with E-state index in [0.29, 0.717) is 13.0 Å². The van der Waals surface area contributed by atoms with Crippen LogP contribution < -0.4 is 5.32 Å². The third-order valence-electron chi connectivity index (χ3n) is 4.71. The van der Waals surface area contributed by atoms with Crippen LogP contribution in [0, 0.1) is 0 Å². The van der Waals surface area contributed by atoms with Crippen molar-refractivity contribution < 1.29 is 4.79 Å². The number of aromatic nitrogens is 3. The molecule has 3 aromatic rings. The number of pyridine rings is 1. The van der Waals surface area contributed by atoms with Gasteiger partial charge in [-0.1, -0.05) is 36.4 Å². The minimum atomic E-state index is 0.000161. The zero-order valence-corrected chi connectivity index (χ0v) is 14.0. The van der Waals surface area contributed by atoms with Crippen LogP contribution in [-0.4, -0.2) is 38.6 Å².